The second-order valence-electron chi connectivity index (χ2n) is 5.96. The first kappa shape index (κ1) is 18.2. The summed E-state index contributed by atoms with van der Waals surface area (Å²) in [6.07, 6.45) is 0. The summed E-state index contributed by atoms with van der Waals surface area (Å²) in [5, 5.41) is 0. The summed E-state index contributed by atoms with van der Waals surface area (Å²) in [4.78, 5) is 29.7. The second-order valence-corrected chi connectivity index (χ2v) is 5.96. The lowest BCUT2D eigenvalue weighted by Crippen LogP contribution is -2.45. The van der Waals surface area contributed by atoms with Gasteiger partial charge in [0, 0.05) is 11.6 Å². The van der Waals surface area contributed by atoms with Crippen LogP contribution < -0.4 is 0 Å². The summed E-state index contributed by atoms with van der Waals surface area (Å²) in [7, 11) is 0. The molecule has 0 radical (unpaired) electrons. The van der Waals surface area contributed by atoms with Gasteiger partial charge in [-0.15, -0.1) is 0 Å². The number of hydrogen-bond acceptors (Lipinski definition) is 5. The molecule has 0 bridgehead atoms. The van der Waals surface area contributed by atoms with E-state index in [2.05, 4.69) is 4.99 Å². The minimum Gasteiger partial charge on any atom is -0.466 e. The molecule has 1 aromatic carbocycles. The molecule has 2 rings (SSSR count). The van der Waals surface area contributed by atoms with Crippen molar-refractivity contribution in [3.8, 4) is 0 Å². The first-order chi connectivity index (χ1) is 11.5. The van der Waals surface area contributed by atoms with E-state index in [0.29, 0.717) is 18.9 Å². The first-order valence-electron chi connectivity index (χ1n) is 8.43. The molecule has 4 atom stereocenters. The van der Waals surface area contributed by atoms with Crippen LogP contribution in [0.2, 0.25) is 0 Å². The SMILES string of the molecule is CCOC(=O)C1C(C)=NC(C)C(C(=O)OCC)C1c1ccccc1. The average molecular weight is 331 g/mol. The molecule has 0 spiro atoms. The van der Waals surface area contributed by atoms with Gasteiger partial charge in [0.15, 0.2) is 0 Å². The number of rotatable bonds is 5. The van der Waals surface area contributed by atoms with Crippen molar-refractivity contribution in [3.63, 3.8) is 0 Å². The predicted octanol–water partition coefficient (Wildman–Crippen LogP) is 2.99. The Balaban J connectivity index is 2.52. The minimum absolute atomic E-state index is 0.250. The standard InChI is InChI=1S/C19H25NO4/c1-5-23-18(21)15-12(3)20-13(4)16(19(22)24-6-2)17(15)14-10-8-7-9-11-14/h7-12,15-17H,5-6H2,1-4H3. The van der Waals surface area contributed by atoms with Crippen LogP contribution >= 0.6 is 0 Å². The second kappa shape index (κ2) is 8.08. The highest BCUT2D eigenvalue weighted by Gasteiger charge is 2.47. The van der Waals surface area contributed by atoms with Gasteiger partial charge in [-0.1, -0.05) is 30.3 Å². The molecule has 0 fully saturated rings. The Hall–Kier alpha value is -2.17. The molecule has 1 heterocycles. The number of carbonyl (C=O) groups excluding carboxylic acids is 2. The highest BCUT2D eigenvalue weighted by Crippen LogP contribution is 2.41. The molecule has 0 aromatic heterocycles. The fraction of sp³-hybridized carbons (Fsp3) is 0.526. The molecule has 5 heteroatoms. The molecule has 130 valence electrons. The number of nitrogens with zero attached hydrogens (tertiary/aromatic N) is 1. The van der Waals surface area contributed by atoms with E-state index in [1.54, 1.807) is 13.8 Å². The summed E-state index contributed by atoms with van der Waals surface area (Å²) < 4.78 is 10.5. The third kappa shape index (κ3) is 3.66. The maximum Gasteiger partial charge on any atom is 0.315 e. The number of aliphatic imine (C=N–C) groups is 1. The van der Waals surface area contributed by atoms with Crippen molar-refractivity contribution in [2.45, 2.75) is 39.7 Å². The molecule has 0 amide bonds. The Kier molecular flexibility index (Phi) is 6.12. The average Bonchev–Trinajstić information content (AvgIpc) is 2.55. The van der Waals surface area contributed by atoms with E-state index in [1.807, 2.05) is 44.2 Å². The van der Waals surface area contributed by atoms with Gasteiger partial charge in [0.1, 0.15) is 5.92 Å². The number of esters is 2. The molecule has 1 aliphatic heterocycles. The van der Waals surface area contributed by atoms with Crippen LogP contribution in [0.25, 0.3) is 0 Å². The lowest BCUT2D eigenvalue weighted by Gasteiger charge is -2.37. The Bertz CT molecular complexity index is 611. The number of benzene rings is 1. The molecule has 4 unspecified atom stereocenters. The van der Waals surface area contributed by atoms with E-state index in [0.717, 1.165) is 5.56 Å². The highest BCUT2D eigenvalue weighted by molar-refractivity contribution is 6.03. The van der Waals surface area contributed by atoms with E-state index in [-0.39, 0.29) is 23.9 Å². The van der Waals surface area contributed by atoms with E-state index in [4.69, 9.17) is 9.47 Å². The minimum atomic E-state index is -0.571. The number of ether oxygens (including phenoxy) is 2. The van der Waals surface area contributed by atoms with Crippen LogP contribution in [0, 0.1) is 11.8 Å². The zero-order valence-electron chi connectivity index (χ0n) is 14.7. The molecule has 0 N–H and O–H groups in total. The Morgan fingerprint density at radius 2 is 1.62 bits per heavy atom. The normalized spacial score (nSPS) is 26.4. The van der Waals surface area contributed by atoms with Gasteiger partial charge < -0.3 is 9.47 Å². The zero-order chi connectivity index (χ0) is 17.7. The van der Waals surface area contributed by atoms with Crippen LogP contribution in [0.3, 0.4) is 0 Å². The van der Waals surface area contributed by atoms with E-state index in [1.165, 1.54) is 0 Å². The third-order valence-corrected chi connectivity index (χ3v) is 4.41. The predicted molar refractivity (Wildman–Crippen MR) is 92.0 cm³/mol. The third-order valence-electron chi connectivity index (χ3n) is 4.41. The van der Waals surface area contributed by atoms with Gasteiger partial charge in [-0.2, -0.15) is 0 Å². The van der Waals surface area contributed by atoms with Crippen LogP contribution in [0.1, 0.15) is 39.2 Å². The van der Waals surface area contributed by atoms with Gasteiger partial charge in [0.2, 0.25) is 0 Å². The molecule has 24 heavy (non-hydrogen) atoms. The Morgan fingerprint density at radius 1 is 1.04 bits per heavy atom. The van der Waals surface area contributed by atoms with Crippen LogP contribution in [-0.4, -0.2) is 36.9 Å². The van der Waals surface area contributed by atoms with Gasteiger partial charge in [0.25, 0.3) is 0 Å². The van der Waals surface area contributed by atoms with E-state index in [9.17, 15) is 9.59 Å². The molecule has 1 aromatic rings. The van der Waals surface area contributed by atoms with Crippen LogP contribution in [0.15, 0.2) is 35.3 Å². The van der Waals surface area contributed by atoms with Crippen molar-refractivity contribution < 1.29 is 19.1 Å². The van der Waals surface area contributed by atoms with Gasteiger partial charge in [-0.25, -0.2) is 0 Å². The summed E-state index contributed by atoms with van der Waals surface area (Å²) in [6, 6.07) is 9.36. The first-order valence-corrected chi connectivity index (χ1v) is 8.43. The molecular formula is C19H25NO4. The van der Waals surface area contributed by atoms with Gasteiger partial charge in [-0.05, 0) is 33.3 Å². The smallest absolute Gasteiger partial charge is 0.315 e. The molecule has 0 saturated carbocycles. The van der Waals surface area contributed by atoms with Crippen molar-refractivity contribution in [3.05, 3.63) is 35.9 Å². The highest BCUT2D eigenvalue weighted by atomic mass is 16.5. The fourth-order valence-corrected chi connectivity index (χ4v) is 3.46. The monoisotopic (exact) mass is 331 g/mol. The van der Waals surface area contributed by atoms with Gasteiger partial charge in [0.05, 0.1) is 25.2 Å². The lowest BCUT2D eigenvalue weighted by molar-refractivity contribution is -0.152. The molecule has 1 aliphatic rings. The van der Waals surface area contributed by atoms with Crippen molar-refractivity contribution in [1.82, 2.24) is 0 Å². The largest absolute Gasteiger partial charge is 0.466 e. The van der Waals surface area contributed by atoms with Gasteiger partial charge in [-0.3, -0.25) is 14.6 Å². The molecular weight excluding hydrogens is 306 g/mol. The van der Waals surface area contributed by atoms with Crippen molar-refractivity contribution in [2.75, 3.05) is 13.2 Å². The molecule has 0 saturated heterocycles. The molecule has 0 aliphatic carbocycles. The topological polar surface area (TPSA) is 65.0 Å². The Morgan fingerprint density at radius 3 is 2.21 bits per heavy atom. The number of hydrogen-bond donors (Lipinski definition) is 0. The van der Waals surface area contributed by atoms with E-state index < -0.39 is 11.8 Å². The summed E-state index contributed by atoms with van der Waals surface area (Å²) >= 11 is 0. The van der Waals surface area contributed by atoms with Crippen LogP contribution in [-0.2, 0) is 19.1 Å². The summed E-state index contributed by atoms with van der Waals surface area (Å²) in [5.41, 5.74) is 1.63. The molecule has 5 nitrogen and oxygen atoms in total. The van der Waals surface area contributed by atoms with Gasteiger partial charge >= 0.3 is 11.9 Å². The maximum absolute atomic E-state index is 12.6. The number of carbonyl (C=O) groups is 2. The quantitative estimate of drug-likeness (QED) is 0.778. The van der Waals surface area contributed by atoms with Crippen molar-refractivity contribution in [1.29, 1.82) is 0 Å². The van der Waals surface area contributed by atoms with Crippen LogP contribution in [0.5, 0.6) is 0 Å². The van der Waals surface area contributed by atoms with Crippen molar-refractivity contribution in [2.24, 2.45) is 16.8 Å². The van der Waals surface area contributed by atoms with Crippen LogP contribution in [0.4, 0.5) is 0 Å². The summed E-state index contributed by atoms with van der Waals surface area (Å²) in [5.74, 6) is -2.07. The summed E-state index contributed by atoms with van der Waals surface area (Å²) in [6.45, 7) is 7.87. The lowest BCUT2D eigenvalue weighted by atomic mass is 9.70. The fourth-order valence-electron chi connectivity index (χ4n) is 3.46. The zero-order valence-corrected chi connectivity index (χ0v) is 14.7. The van der Waals surface area contributed by atoms with Crippen molar-refractivity contribution >= 4 is 17.7 Å². The van der Waals surface area contributed by atoms with E-state index >= 15 is 0 Å². The maximum atomic E-state index is 12.6. The Labute approximate surface area is 143 Å².